The maximum Gasteiger partial charge on any atom is 0.189 e. The molecular formula is C14H8ClF2NO2. The third-order valence-corrected chi connectivity index (χ3v) is 3.32. The molecule has 0 aliphatic rings. The fourth-order valence-electron chi connectivity index (χ4n) is 2.02. The number of fused-ring (bicyclic) bond motifs is 1. The first kappa shape index (κ1) is 12.9. The van der Waals surface area contributed by atoms with Gasteiger partial charge in [-0.3, -0.25) is 0 Å². The van der Waals surface area contributed by atoms with Crippen molar-refractivity contribution >= 4 is 22.6 Å². The van der Waals surface area contributed by atoms with Crippen molar-refractivity contribution in [3.63, 3.8) is 0 Å². The summed E-state index contributed by atoms with van der Waals surface area (Å²) in [6, 6.07) is 6.78. The Labute approximate surface area is 117 Å². The lowest BCUT2D eigenvalue weighted by molar-refractivity contribution is 0.412. The van der Waals surface area contributed by atoms with Gasteiger partial charge in [0, 0.05) is 0 Å². The standard InChI is InChI=1S/C14H8ClF2NO2/c1-19-10-6-5-7-13(18-20-14(7)12(10)15)11-8(16)3-2-4-9(11)17/h2-6H,1H3. The van der Waals surface area contributed by atoms with Crippen LogP contribution in [0.1, 0.15) is 0 Å². The van der Waals surface area contributed by atoms with E-state index in [1.807, 2.05) is 0 Å². The number of methoxy groups -OCH3 is 1. The van der Waals surface area contributed by atoms with Crippen molar-refractivity contribution in [2.45, 2.75) is 0 Å². The molecule has 0 radical (unpaired) electrons. The number of aromatic nitrogens is 1. The van der Waals surface area contributed by atoms with Crippen LogP contribution in [0, 0.1) is 11.6 Å². The Bertz CT molecular complexity index is 781. The normalized spacial score (nSPS) is 11.0. The number of halogens is 3. The van der Waals surface area contributed by atoms with Crippen LogP contribution in [0.15, 0.2) is 34.9 Å². The molecule has 0 saturated carbocycles. The van der Waals surface area contributed by atoms with Crippen molar-refractivity contribution in [2.24, 2.45) is 0 Å². The predicted octanol–water partition coefficient (Wildman–Crippen LogP) is 4.44. The summed E-state index contributed by atoms with van der Waals surface area (Å²) in [5, 5.41) is 4.35. The molecule has 0 unspecified atom stereocenters. The van der Waals surface area contributed by atoms with Crippen LogP contribution < -0.4 is 4.74 Å². The number of hydrogen-bond donors (Lipinski definition) is 0. The second-order valence-electron chi connectivity index (χ2n) is 4.09. The van der Waals surface area contributed by atoms with Gasteiger partial charge in [-0.15, -0.1) is 0 Å². The second-order valence-corrected chi connectivity index (χ2v) is 4.46. The lowest BCUT2D eigenvalue weighted by atomic mass is 10.1. The highest BCUT2D eigenvalue weighted by atomic mass is 35.5. The van der Waals surface area contributed by atoms with Gasteiger partial charge < -0.3 is 9.26 Å². The first-order chi connectivity index (χ1) is 9.63. The molecule has 102 valence electrons. The third-order valence-electron chi connectivity index (χ3n) is 2.96. The highest BCUT2D eigenvalue weighted by molar-refractivity contribution is 6.36. The zero-order chi connectivity index (χ0) is 14.3. The van der Waals surface area contributed by atoms with Crippen LogP contribution in [0.2, 0.25) is 5.02 Å². The van der Waals surface area contributed by atoms with Crippen molar-refractivity contribution in [1.82, 2.24) is 5.16 Å². The summed E-state index contributed by atoms with van der Waals surface area (Å²) in [5.41, 5.74) is 0.0521. The van der Waals surface area contributed by atoms with Crippen molar-refractivity contribution in [2.75, 3.05) is 7.11 Å². The van der Waals surface area contributed by atoms with Crippen LogP contribution in [0.5, 0.6) is 5.75 Å². The highest BCUT2D eigenvalue weighted by Crippen LogP contribution is 2.38. The van der Waals surface area contributed by atoms with Gasteiger partial charge in [0.25, 0.3) is 0 Å². The summed E-state index contributed by atoms with van der Waals surface area (Å²) in [7, 11) is 1.46. The van der Waals surface area contributed by atoms with Gasteiger partial charge >= 0.3 is 0 Å². The van der Waals surface area contributed by atoms with Gasteiger partial charge in [-0.2, -0.15) is 0 Å². The van der Waals surface area contributed by atoms with E-state index in [1.54, 1.807) is 12.1 Å². The van der Waals surface area contributed by atoms with Crippen LogP contribution in [0.25, 0.3) is 22.2 Å². The highest BCUT2D eigenvalue weighted by Gasteiger charge is 2.21. The average molecular weight is 296 g/mol. The Morgan fingerprint density at radius 1 is 1.15 bits per heavy atom. The minimum absolute atomic E-state index is 0.0696. The molecule has 3 rings (SSSR count). The fraction of sp³-hybridized carbons (Fsp3) is 0.0714. The molecule has 0 spiro atoms. The summed E-state index contributed by atoms with van der Waals surface area (Å²) >= 11 is 6.08. The molecule has 1 heterocycles. The maximum atomic E-state index is 13.8. The van der Waals surface area contributed by atoms with Gasteiger partial charge in [0.15, 0.2) is 5.58 Å². The fourth-order valence-corrected chi connectivity index (χ4v) is 2.29. The number of rotatable bonds is 2. The first-order valence-electron chi connectivity index (χ1n) is 5.69. The van der Waals surface area contributed by atoms with Gasteiger partial charge in [-0.1, -0.05) is 22.8 Å². The van der Waals surface area contributed by atoms with E-state index in [2.05, 4.69) is 5.16 Å². The van der Waals surface area contributed by atoms with Gasteiger partial charge in [0.1, 0.15) is 28.1 Å². The lowest BCUT2D eigenvalue weighted by Crippen LogP contribution is -1.90. The smallest absolute Gasteiger partial charge is 0.189 e. The lowest BCUT2D eigenvalue weighted by Gasteiger charge is -2.03. The van der Waals surface area contributed by atoms with Gasteiger partial charge in [0.2, 0.25) is 0 Å². The molecule has 3 aromatic rings. The summed E-state index contributed by atoms with van der Waals surface area (Å²) in [6.07, 6.45) is 0. The summed E-state index contributed by atoms with van der Waals surface area (Å²) in [4.78, 5) is 0. The molecule has 3 nitrogen and oxygen atoms in total. The zero-order valence-corrected chi connectivity index (χ0v) is 11.0. The van der Waals surface area contributed by atoms with E-state index in [4.69, 9.17) is 20.9 Å². The topological polar surface area (TPSA) is 35.3 Å². The number of ether oxygens (including phenoxy) is 1. The van der Waals surface area contributed by atoms with Crippen molar-refractivity contribution in [3.05, 3.63) is 47.0 Å². The maximum absolute atomic E-state index is 13.8. The van der Waals surface area contributed by atoms with E-state index in [9.17, 15) is 8.78 Å². The second kappa shape index (κ2) is 4.76. The van der Waals surface area contributed by atoms with Crippen LogP contribution >= 0.6 is 11.6 Å². The molecule has 0 N–H and O–H groups in total. The van der Waals surface area contributed by atoms with E-state index in [0.717, 1.165) is 12.1 Å². The van der Waals surface area contributed by atoms with Crippen molar-refractivity contribution in [3.8, 4) is 17.0 Å². The Morgan fingerprint density at radius 2 is 1.85 bits per heavy atom. The molecule has 20 heavy (non-hydrogen) atoms. The monoisotopic (exact) mass is 295 g/mol. The largest absolute Gasteiger partial charge is 0.495 e. The quantitative estimate of drug-likeness (QED) is 0.701. The van der Waals surface area contributed by atoms with E-state index in [1.165, 1.54) is 13.2 Å². The average Bonchev–Trinajstić information content (AvgIpc) is 2.84. The Morgan fingerprint density at radius 3 is 2.50 bits per heavy atom. The predicted molar refractivity (Wildman–Crippen MR) is 70.9 cm³/mol. The molecule has 0 saturated heterocycles. The molecule has 1 aromatic heterocycles. The van der Waals surface area contributed by atoms with Crippen LogP contribution in [-0.2, 0) is 0 Å². The molecule has 6 heteroatoms. The summed E-state index contributed by atoms with van der Waals surface area (Å²) in [6.45, 7) is 0. The van der Waals surface area contributed by atoms with E-state index in [0.29, 0.717) is 11.1 Å². The van der Waals surface area contributed by atoms with Crippen molar-refractivity contribution < 1.29 is 18.0 Å². The Kier molecular flexibility index (Phi) is 3.06. The van der Waals surface area contributed by atoms with Gasteiger partial charge in [-0.25, -0.2) is 8.78 Å². The zero-order valence-electron chi connectivity index (χ0n) is 10.3. The summed E-state index contributed by atoms with van der Waals surface area (Å²) in [5.74, 6) is -1.03. The Balaban J connectivity index is 2.31. The molecule has 0 bridgehead atoms. The summed E-state index contributed by atoms with van der Waals surface area (Å²) < 4.78 is 37.8. The van der Waals surface area contributed by atoms with Crippen LogP contribution in [-0.4, -0.2) is 12.3 Å². The Hall–Kier alpha value is -2.14. The number of hydrogen-bond acceptors (Lipinski definition) is 3. The SMILES string of the molecule is COc1ccc2c(-c3c(F)cccc3F)noc2c1Cl. The van der Waals surface area contributed by atoms with Crippen molar-refractivity contribution in [1.29, 1.82) is 0 Å². The van der Waals surface area contributed by atoms with E-state index < -0.39 is 11.6 Å². The molecular weight excluding hydrogens is 288 g/mol. The molecule has 0 fully saturated rings. The molecule has 2 aromatic carbocycles. The van der Waals surface area contributed by atoms with Gasteiger partial charge in [-0.05, 0) is 24.3 Å². The third kappa shape index (κ3) is 1.82. The van der Waals surface area contributed by atoms with E-state index in [-0.39, 0.29) is 21.9 Å². The van der Waals surface area contributed by atoms with Crippen LogP contribution in [0.3, 0.4) is 0 Å². The molecule has 0 aliphatic heterocycles. The number of nitrogens with zero attached hydrogens (tertiary/aromatic N) is 1. The molecule has 0 atom stereocenters. The number of benzene rings is 2. The molecule has 0 aliphatic carbocycles. The van der Waals surface area contributed by atoms with Gasteiger partial charge in [0.05, 0.1) is 18.1 Å². The minimum atomic E-state index is -0.716. The minimum Gasteiger partial charge on any atom is -0.495 e. The van der Waals surface area contributed by atoms with Crippen LogP contribution in [0.4, 0.5) is 8.78 Å². The van der Waals surface area contributed by atoms with E-state index >= 15 is 0 Å². The molecule has 0 amide bonds. The first-order valence-corrected chi connectivity index (χ1v) is 6.07.